The van der Waals surface area contributed by atoms with Crippen LogP contribution < -0.4 is 10.6 Å². The van der Waals surface area contributed by atoms with Crippen molar-refractivity contribution in [1.29, 1.82) is 0 Å². The zero-order valence-corrected chi connectivity index (χ0v) is 11.8. The Kier molecular flexibility index (Phi) is 5.44. The molecular weight excluding hydrogens is 266 g/mol. The number of benzene rings is 1. The van der Waals surface area contributed by atoms with Crippen molar-refractivity contribution in [1.82, 2.24) is 5.32 Å². The molecule has 2 amide bonds. The van der Waals surface area contributed by atoms with E-state index in [9.17, 15) is 18.7 Å². The van der Waals surface area contributed by atoms with E-state index >= 15 is 0 Å². The second kappa shape index (κ2) is 6.65. The number of hydrogen-bond donors (Lipinski definition) is 3. The van der Waals surface area contributed by atoms with E-state index in [0.717, 1.165) is 18.2 Å². The van der Waals surface area contributed by atoms with Gasteiger partial charge in [-0.15, -0.1) is 0 Å². The third kappa shape index (κ3) is 5.52. The molecule has 20 heavy (non-hydrogen) atoms. The van der Waals surface area contributed by atoms with E-state index in [1.54, 1.807) is 6.92 Å². The molecule has 0 aliphatic carbocycles. The summed E-state index contributed by atoms with van der Waals surface area (Å²) in [6.45, 7) is 5.76. The van der Waals surface area contributed by atoms with Crippen LogP contribution in [0.5, 0.6) is 0 Å². The van der Waals surface area contributed by atoms with Crippen LogP contribution in [-0.2, 0) is 0 Å². The minimum absolute atomic E-state index is 0.212. The fourth-order valence-corrected chi connectivity index (χ4v) is 1.95. The van der Waals surface area contributed by atoms with Crippen LogP contribution in [0.1, 0.15) is 27.2 Å². The largest absolute Gasteiger partial charge is 0.393 e. The number of hydrogen-bond acceptors (Lipinski definition) is 2. The highest BCUT2D eigenvalue weighted by molar-refractivity contribution is 5.89. The van der Waals surface area contributed by atoms with E-state index in [2.05, 4.69) is 10.6 Å². The van der Waals surface area contributed by atoms with Gasteiger partial charge in [-0.05, 0) is 30.9 Å². The number of rotatable bonds is 5. The summed E-state index contributed by atoms with van der Waals surface area (Å²) in [6, 6.07) is 2.22. The van der Waals surface area contributed by atoms with Crippen LogP contribution in [0, 0.1) is 17.0 Å². The number of aliphatic hydroxyl groups is 1. The van der Waals surface area contributed by atoms with Crippen molar-refractivity contribution in [3.05, 3.63) is 29.8 Å². The molecule has 0 aromatic heterocycles. The molecule has 112 valence electrons. The molecular formula is C14H20F2N2O2. The molecule has 1 rings (SSSR count). The van der Waals surface area contributed by atoms with E-state index in [1.807, 2.05) is 13.8 Å². The van der Waals surface area contributed by atoms with Crippen molar-refractivity contribution in [2.75, 3.05) is 11.9 Å². The molecule has 0 aliphatic rings. The Bertz CT molecular complexity index is 476. The molecule has 1 atom stereocenters. The highest BCUT2D eigenvalue weighted by Crippen LogP contribution is 2.21. The molecule has 1 unspecified atom stereocenters. The Morgan fingerprint density at radius 1 is 1.40 bits per heavy atom. The van der Waals surface area contributed by atoms with Gasteiger partial charge in [0.2, 0.25) is 0 Å². The Morgan fingerprint density at radius 3 is 2.65 bits per heavy atom. The predicted octanol–water partition coefficient (Wildman–Crippen LogP) is 2.88. The van der Waals surface area contributed by atoms with Gasteiger partial charge in [0.1, 0.15) is 11.6 Å². The lowest BCUT2D eigenvalue weighted by atomic mass is 9.87. The first-order valence-electron chi connectivity index (χ1n) is 6.37. The van der Waals surface area contributed by atoms with Gasteiger partial charge in [-0.1, -0.05) is 13.8 Å². The number of aliphatic hydroxyl groups excluding tert-OH is 1. The zero-order valence-electron chi connectivity index (χ0n) is 11.8. The van der Waals surface area contributed by atoms with Crippen LogP contribution in [0.3, 0.4) is 0 Å². The van der Waals surface area contributed by atoms with Crippen molar-refractivity contribution in [2.24, 2.45) is 5.41 Å². The predicted molar refractivity (Wildman–Crippen MR) is 73.5 cm³/mol. The third-order valence-corrected chi connectivity index (χ3v) is 2.75. The highest BCUT2D eigenvalue weighted by Gasteiger charge is 2.21. The van der Waals surface area contributed by atoms with Gasteiger partial charge in [-0.2, -0.15) is 0 Å². The molecule has 0 aliphatic heterocycles. The molecule has 0 saturated carbocycles. The average Bonchev–Trinajstić information content (AvgIpc) is 2.30. The number of nitrogens with one attached hydrogen (secondary N) is 2. The molecule has 0 radical (unpaired) electrons. The van der Waals surface area contributed by atoms with Crippen LogP contribution in [-0.4, -0.2) is 23.8 Å². The Labute approximate surface area is 117 Å². The van der Waals surface area contributed by atoms with Gasteiger partial charge in [0.05, 0.1) is 11.8 Å². The van der Waals surface area contributed by atoms with Gasteiger partial charge in [0.25, 0.3) is 0 Å². The smallest absolute Gasteiger partial charge is 0.319 e. The van der Waals surface area contributed by atoms with Gasteiger partial charge in [-0.25, -0.2) is 13.6 Å². The number of carbonyl (C=O) groups is 1. The summed E-state index contributed by atoms with van der Waals surface area (Å²) < 4.78 is 26.3. The standard InChI is InChI=1S/C14H20F2N2O2/c1-9(19)7-14(2,3)8-17-13(20)18-12-6-10(15)4-5-11(12)16/h4-6,9,19H,7-8H2,1-3H3,(H2,17,18,20). The quantitative estimate of drug-likeness (QED) is 0.779. The zero-order chi connectivity index (χ0) is 15.3. The first-order chi connectivity index (χ1) is 9.19. The van der Waals surface area contributed by atoms with E-state index in [0.29, 0.717) is 13.0 Å². The summed E-state index contributed by atoms with van der Waals surface area (Å²) in [6.07, 6.45) is 0.0391. The SMILES string of the molecule is CC(O)CC(C)(C)CNC(=O)Nc1cc(F)ccc1F. The maximum absolute atomic E-state index is 13.3. The van der Waals surface area contributed by atoms with Crippen LogP contribution in [0.25, 0.3) is 0 Å². The van der Waals surface area contributed by atoms with Gasteiger partial charge in [0, 0.05) is 12.6 Å². The minimum atomic E-state index is -0.704. The van der Waals surface area contributed by atoms with Crippen LogP contribution >= 0.6 is 0 Å². The molecule has 0 saturated heterocycles. The first kappa shape index (κ1) is 16.4. The Balaban J connectivity index is 2.54. The number of urea groups is 1. The number of carbonyl (C=O) groups excluding carboxylic acids is 1. The number of amides is 2. The van der Waals surface area contributed by atoms with Gasteiger partial charge in [0.15, 0.2) is 0 Å². The average molecular weight is 286 g/mol. The van der Waals surface area contributed by atoms with E-state index in [-0.39, 0.29) is 11.1 Å². The second-order valence-corrected chi connectivity index (χ2v) is 5.65. The van der Waals surface area contributed by atoms with E-state index < -0.39 is 23.8 Å². The molecule has 0 spiro atoms. The van der Waals surface area contributed by atoms with Gasteiger partial charge >= 0.3 is 6.03 Å². The number of anilines is 1. The van der Waals surface area contributed by atoms with Crippen LogP contribution in [0.15, 0.2) is 18.2 Å². The molecule has 0 bridgehead atoms. The summed E-state index contributed by atoms with van der Waals surface area (Å²) in [7, 11) is 0. The molecule has 3 N–H and O–H groups in total. The molecule has 4 nitrogen and oxygen atoms in total. The van der Waals surface area contributed by atoms with E-state index in [1.165, 1.54) is 0 Å². The Hall–Kier alpha value is -1.69. The lowest BCUT2D eigenvalue weighted by molar-refractivity contribution is 0.129. The monoisotopic (exact) mass is 286 g/mol. The summed E-state index contributed by atoms with van der Waals surface area (Å²) in [5.74, 6) is -1.33. The third-order valence-electron chi connectivity index (χ3n) is 2.75. The first-order valence-corrected chi connectivity index (χ1v) is 6.37. The second-order valence-electron chi connectivity index (χ2n) is 5.65. The van der Waals surface area contributed by atoms with Crippen molar-refractivity contribution >= 4 is 11.7 Å². The summed E-state index contributed by atoms with van der Waals surface area (Å²) in [5, 5.41) is 14.2. The van der Waals surface area contributed by atoms with Crippen LogP contribution in [0.2, 0.25) is 0 Å². The summed E-state index contributed by atoms with van der Waals surface area (Å²) >= 11 is 0. The molecule has 0 fully saturated rings. The van der Waals surface area contributed by atoms with E-state index in [4.69, 9.17) is 0 Å². The molecule has 1 aromatic carbocycles. The molecule has 0 heterocycles. The fraction of sp³-hybridized carbons (Fsp3) is 0.500. The molecule has 1 aromatic rings. The van der Waals surface area contributed by atoms with Gasteiger partial charge in [-0.3, -0.25) is 0 Å². The van der Waals surface area contributed by atoms with Crippen molar-refractivity contribution in [3.63, 3.8) is 0 Å². The van der Waals surface area contributed by atoms with Crippen LogP contribution in [0.4, 0.5) is 19.3 Å². The van der Waals surface area contributed by atoms with Crippen molar-refractivity contribution in [3.8, 4) is 0 Å². The van der Waals surface area contributed by atoms with Crippen molar-refractivity contribution in [2.45, 2.75) is 33.3 Å². The summed E-state index contributed by atoms with van der Waals surface area (Å²) in [4.78, 5) is 11.6. The lowest BCUT2D eigenvalue weighted by Gasteiger charge is -2.26. The van der Waals surface area contributed by atoms with Gasteiger partial charge < -0.3 is 15.7 Å². The Morgan fingerprint density at radius 2 is 2.05 bits per heavy atom. The maximum Gasteiger partial charge on any atom is 0.319 e. The summed E-state index contributed by atoms with van der Waals surface area (Å²) in [5.41, 5.74) is -0.512. The highest BCUT2D eigenvalue weighted by atomic mass is 19.1. The normalized spacial score (nSPS) is 12.9. The number of halogens is 2. The minimum Gasteiger partial charge on any atom is -0.393 e. The lowest BCUT2D eigenvalue weighted by Crippen LogP contribution is -2.38. The topological polar surface area (TPSA) is 61.4 Å². The maximum atomic E-state index is 13.3. The molecule has 6 heteroatoms. The van der Waals surface area contributed by atoms with Crippen molar-refractivity contribution < 1.29 is 18.7 Å². The fourth-order valence-electron chi connectivity index (χ4n) is 1.95.